The van der Waals surface area contributed by atoms with Crippen molar-refractivity contribution in [2.24, 2.45) is 0 Å². The fourth-order valence-electron chi connectivity index (χ4n) is 0.424. The van der Waals surface area contributed by atoms with Gasteiger partial charge in [-0.1, -0.05) is 0 Å². The van der Waals surface area contributed by atoms with Crippen molar-refractivity contribution in [3.05, 3.63) is 11.4 Å². The smallest absolute Gasteiger partial charge is 0.307 e. The van der Waals surface area contributed by atoms with Crippen LogP contribution in [0.2, 0.25) is 0 Å². The molecular weight excluding hydrogens is 177 g/mol. The van der Waals surface area contributed by atoms with Gasteiger partial charge in [-0.3, -0.25) is 4.57 Å². The third-order valence-corrected chi connectivity index (χ3v) is 2.76. The van der Waals surface area contributed by atoms with Crippen LogP contribution >= 0.6 is 7.60 Å². The summed E-state index contributed by atoms with van der Waals surface area (Å²) in [6, 6.07) is 0. The Morgan fingerprint density at radius 1 is 1.27 bits per heavy atom. The fourth-order valence-corrected chi connectivity index (χ4v) is 1.27. The van der Waals surface area contributed by atoms with Crippen molar-refractivity contribution in [2.75, 3.05) is 14.2 Å². The molecule has 0 rings (SSSR count). The van der Waals surface area contributed by atoms with E-state index in [9.17, 15) is 13.3 Å². The van der Waals surface area contributed by atoms with E-state index in [2.05, 4.69) is 9.05 Å². The summed E-state index contributed by atoms with van der Waals surface area (Å²) in [7, 11) is -2.03. The van der Waals surface area contributed by atoms with E-state index in [0.29, 0.717) is 0 Å². The van der Waals surface area contributed by atoms with Gasteiger partial charge in [0.25, 0.3) is 0 Å². The van der Waals surface area contributed by atoms with Crippen molar-refractivity contribution in [2.45, 2.75) is 6.92 Å². The van der Waals surface area contributed by atoms with Crippen LogP contribution in [0.4, 0.5) is 8.78 Å². The van der Waals surface area contributed by atoms with Gasteiger partial charge in [0.2, 0.25) is 5.57 Å². The first-order chi connectivity index (χ1) is 4.98. The molecule has 0 fully saturated rings. The summed E-state index contributed by atoms with van der Waals surface area (Å²) in [6.45, 7) is 0.833. The minimum atomic E-state index is -3.99. The van der Waals surface area contributed by atoms with Crippen LogP contribution in [0.25, 0.3) is 0 Å². The van der Waals surface area contributed by atoms with Gasteiger partial charge in [-0.15, -0.1) is 0 Å². The largest absolute Gasteiger partial charge is 0.391 e. The number of rotatable bonds is 3. The van der Waals surface area contributed by atoms with Gasteiger partial charge in [0, 0.05) is 14.2 Å². The summed E-state index contributed by atoms with van der Waals surface area (Å²) in [5, 5.41) is 0. The first-order valence-corrected chi connectivity index (χ1v) is 4.26. The second-order valence-corrected chi connectivity index (χ2v) is 3.80. The summed E-state index contributed by atoms with van der Waals surface area (Å²) in [5.41, 5.74) is -1.48. The van der Waals surface area contributed by atoms with Crippen LogP contribution in [-0.4, -0.2) is 14.2 Å². The molecule has 0 saturated carbocycles. The lowest BCUT2D eigenvalue weighted by molar-refractivity contribution is 0.272. The number of allylic oxidation sites excluding steroid dienone is 1. The summed E-state index contributed by atoms with van der Waals surface area (Å²) in [5.74, 6) is -1.20. The van der Waals surface area contributed by atoms with E-state index in [1.54, 1.807) is 0 Å². The molecule has 0 aromatic carbocycles. The molecule has 11 heavy (non-hydrogen) atoms. The minimum absolute atomic E-state index is 0.833. The molecular formula is C5H9F2O3P. The third kappa shape index (κ3) is 2.36. The monoisotopic (exact) mass is 186 g/mol. The molecule has 0 amide bonds. The van der Waals surface area contributed by atoms with E-state index >= 15 is 0 Å². The van der Waals surface area contributed by atoms with Crippen molar-refractivity contribution in [3.63, 3.8) is 0 Å². The zero-order valence-electron chi connectivity index (χ0n) is 6.43. The predicted molar refractivity (Wildman–Crippen MR) is 36.5 cm³/mol. The van der Waals surface area contributed by atoms with E-state index < -0.39 is 19.0 Å². The van der Waals surface area contributed by atoms with Crippen LogP contribution in [-0.2, 0) is 13.6 Å². The van der Waals surface area contributed by atoms with E-state index in [1.165, 1.54) is 0 Å². The van der Waals surface area contributed by atoms with Crippen LogP contribution in [0.3, 0.4) is 0 Å². The Bertz CT molecular complexity index is 202. The molecule has 66 valence electrons. The lowest BCUT2D eigenvalue weighted by Gasteiger charge is -2.10. The first kappa shape index (κ1) is 10.8. The molecule has 0 aliphatic rings. The van der Waals surface area contributed by atoms with E-state index in [1.807, 2.05) is 0 Å². The maximum absolute atomic E-state index is 12.6. The highest BCUT2D eigenvalue weighted by Gasteiger charge is 2.30. The highest BCUT2D eigenvalue weighted by molar-refractivity contribution is 7.58. The Balaban J connectivity index is 4.81. The summed E-state index contributed by atoms with van der Waals surface area (Å²) >= 11 is 0. The normalized spacial score (nSPS) is 14.6. The number of halogens is 2. The number of hydrogen-bond acceptors (Lipinski definition) is 3. The van der Waals surface area contributed by atoms with Gasteiger partial charge in [0.1, 0.15) is 5.83 Å². The standard InChI is InChI=1S/C5H9F2O3P/c1-4(6)5(7)11(8,9-2)10-3/h1-3H3/b5-4-. The molecule has 3 nitrogen and oxygen atoms in total. The summed E-state index contributed by atoms with van der Waals surface area (Å²) in [6.07, 6.45) is 0. The molecule has 0 atom stereocenters. The van der Waals surface area contributed by atoms with E-state index in [-0.39, 0.29) is 0 Å². The van der Waals surface area contributed by atoms with Crippen LogP contribution in [0, 0.1) is 0 Å². The van der Waals surface area contributed by atoms with Crippen LogP contribution in [0.1, 0.15) is 6.92 Å². The van der Waals surface area contributed by atoms with Gasteiger partial charge in [-0.2, -0.15) is 4.39 Å². The topological polar surface area (TPSA) is 35.5 Å². The van der Waals surface area contributed by atoms with Crippen LogP contribution in [0.15, 0.2) is 11.4 Å². The van der Waals surface area contributed by atoms with Crippen molar-refractivity contribution in [1.29, 1.82) is 0 Å². The molecule has 0 aliphatic carbocycles. The minimum Gasteiger partial charge on any atom is -0.307 e. The molecule has 0 unspecified atom stereocenters. The fraction of sp³-hybridized carbons (Fsp3) is 0.600. The Hall–Kier alpha value is -0.250. The van der Waals surface area contributed by atoms with E-state index in [0.717, 1.165) is 21.1 Å². The maximum atomic E-state index is 12.6. The van der Waals surface area contributed by atoms with Crippen molar-refractivity contribution in [3.8, 4) is 0 Å². The molecule has 0 spiro atoms. The van der Waals surface area contributed by atoms with E-state index in [4.69, 9.17) is 0 Å². The third-order valence-electron chi connectivity index (χ3n) is 1.01. The SMILES string of the molecule is COP(=O)(OC)/C(F)=C(/C)F. The quantitative estimate of drug-likeness (QED) is 0.635. The highest BCUT2D eigenvalue weighted by Crippen LogP contribution is 2.56. The van der Waals surface area contributed by atoms with Gasteiger partial charge < -0.3 is 9.05 Å². The lowest BCUT2D eigenvalue weighted by atomic mass is 10.7. The molecule has 0 radical (unpaired) electrons. The molecule has 0 heterocycles. The van der Waals surface area contributed by atoms with Gasteiger partial charge in [-0.25, -0.2) is 4.39 Å². The molecule has 0 saturated heterocycles. The first-order valence-electron chi connectivity index (χ1n) is 2.72. The Morgan fingerprint density at radius 2 is 1.64 bits per heavy atom. The Morgan fingerprint density at radius 3 is 1.73 bits per heavy atom. The predicted octanol–water partition coefficient (Wildman–Crippen LogP) is 2.60. The second-order valence-electron chi connectivity index (χ2n) is 1.69. The zero-order valence-corrected chi connectivity index (χ0v) is 7.32. The Labute approximate surface area is 63.5 Å². The number of hydrogen-bond donors (Lipinski definition) is 0. The zero-order chi connectivity index (χ0) is 9.07. The van der Waals surface area contributed by atoms with Gasteiger partial charge in [0.05, 0.1) is 0 Å². The van der Waals surface area contributed by atoms with Crippen molar-refractivity contribution >= 4 is 7.60 Å². The van der Waals surface area contributed by atoms with Crippen LogP contribution < -0.4 is 0 Å². The molecule has 0 bridgehead atoms. The average Bonchev–Trinajstić information content (AvgIpc) is 2.01. The Kier molecular flexibility index (Phi) is 3.86. The van der Waals surface area contributed by atoms with Crippen molar-refractivity contribution in [1.82, 2.24) is 0 Å². The van der Waals surface area contributed by atoms with Crippen molar-refractivity contribution < 1.29 is 22.4 Å². The molecule has 0 aromatic heterocycles. The summed E-state index contributed by atoms with van der Waals surface area (Å²) < 4.78 is 44.0. The summed E-state index contributed by atoms with van der Waals surface area (Å²) in [4.78, 5) is 0. The lowest BCUT2D eigenvalue weighted by Crippen LogP contribution is -1.89. The molecule has 0 N–H and O–H groups in total. The van der Waals surface area contributed by atoms with Gasteiger partial charge in [0.15, 0.2) is 0 Å². The molecule has 6 heteroatoms. The highest BCUT2D eigenvalue weighted by atomic mass is 31.2. The molecule has 0 aliphatic heterocycles. The molecule has 0 aromatic rings. The van der Waals surface area contributed by atoms with Gasteiger partial charge >= 0.3 is 7.60 Å². The second kappa shape index (κ2) is 3.95. The van der Waals surface area contributed by atoms with Crippen LogP contribution in [0.5, 0.6) is 0 Å². The average molecular weight is 186 g/mol. The van der Waals surface area contributed by atoms with Gasteiger partial charge in [-0.05, 0) is 6.92 Å². The maximum Gasteiger partial charge on any atom is 0.391 e.